The molecule has 1 amide bonds. The lowest BCUT2D eigenvalue weighted by molar-refractivity contribution is -0.121. The van der Waals surface area contributed by atoms with Gasteiger partial charge in [0.05, 0.1) is 14.2 Å². The maximum absolute atomic E-state index is 13.0. The molecule has 2 N–H and O–H groups in total. The van der Waals surface area contributed by atoms with Crippen molar-refractivity contribution in [1.29, 1.82) is 0 Å². The Morgan fingerprint density at radius 1 is 1.03 bits per heavy atom. The number of hydrogen-bond acceptors (Lipinski definition) is 4. The number of aromatic nitrogens is 2. The van der Waals surface area contributed by atoms with Gasteiger partial charge in [-0.2, -0.15) is 0 Å². The van der Waals surface area contributed by atoms with Crippen molar-refractivity contribution >= 4 is 16.8 Å². The van der Waals surface area contributed by atoms with Gasteiger partial charge in [-0.1, -0.05) is 30.3 Å². The van der Waals surface area contributed by atoms with Gasteiger partial charge in [-0.25, -0.2) is 0 Å². The molecule has 32 heavy (non-hydrogen) atoms. The molecule has 164 valence electrons. The Kier molecular flexibility index (Phi) is 6.70. The third kappa shape index (κ3) is 4.75. The molecule has 6 heteroatoms. The van der Waals surface area contributed by atoms with E-state index < -0.39 is 0 Å². The van der Waals surface area contributed by atoms with Crippen LogP contribution in [0.15, 0.2) is 73.1 Å². The number of nitrogens with one attached hydrogen (secondary N) is 2. The highest BCUT2D eigenvalue weighted by molar-refractivity contribution is 5.86. The molecule has 0 saturated carbocycles. The smallest absolute Gasteiger partial charge is 0.220 e. The van der Waals surface area contributed by atoms with Crippen LogP contribution in [0, 0.1) is 0 Å². The number of pyridine rings is 1. The summed E-state index contributed by atoms with van der Waals surface area (Å²) in [4.78, 5) is 20.6. The van der Waals surface area contributed by atoms with Crippen LogP contribution in [0.5, 0.6) is 11.5 Å². The molecule has 1 atom stereocenters. The van der Waals surface area contributed by atoms with Gasteiger partial charge in [0.15, 0.2) is 0 Å². The predicted octanol–water partition coefficient (Wildman–Crippen LogP) is 4.46. The number of hydrogen-bond donors (Lipinski definition) is 2. The second kappa shape index (κ2) is 10.0. The summed E-state index contributed by atoms with van der Waals surface area (Å²) in [6.07, 6.45) is 4.74. The van der Waals surface area contributed by atoms with Gasteiger partial charge in [0, 0.05) is 65.9 Å². The number of amides is 1. The average molecular weight is 430 g/mol. The summed E-state index contributed by atoms with van der Waals surface area (Å²) in [6, 6.07) is 19.6. The predicted molar refractivity (Wildman–Crippen MR) is 125 cm³/mol. The third-order valence-corrected chi connectivity index (χ3v) is 5.63. The van der Waals surface area contributed by atoms with E-state index in [1.165, 1.54) is 0 Å². The highest BCUT2D eigenvalue weighted by Crippen LogP contribution is 2.39. The number of fused-ring (bicyclic) bond motifs is 1. The van der Waals surface area contributed by atoms with E-state index in [-0.39, 0.29) is 11.8 Å². The Morgan fingerprint density at radius 3 is 2.66 bits per heavy atom. The minimum absolute atomic E-state index is 0.0194. The largest absolute Gasteiger partial charge is 0.497 e. The molecular weight excluding hydrogens is 402 g/mol. The van der Waals surface area contributed by atoms with E-state index in [2.05, 4.69) is 21.4 Å². The molecule has 4 aromatic rings. The maximum atomic E-state index is 13.0. The standard InChI is InChI=1S/C26H27N3O3/c1-31-19-10-11-21(25(15-19)32-2)22(23-17-29-24-9-4-3-8-20(23)24)16-26(30)28-14-12-18-7-5-6-13-27-18/h3-11,13,15,17,22,29H,12,14,16H2,1-2H3,(H,28,30). The van der Waals surface area contributed by atoms with E-state index in [0.29, 0.717) is 30.9 Å². The van der Waals surface area contributed by atoms with Gasteiger partial charge in [-0.05, 0) is 29.8 Å². The number of rotatable bonds is 9. The number of benzene rings is 2. The van der Waals surface area contributed by atoms with Gasteiger partial charge < -0.3 is 19.8 Å². The van der Waals surface area contributed by atoms with Gasteiger partial charge in [0.25, 0.3) is 0 Å². The highest BCUT2D eigenvalue weighted by atomic mass is 16.5. The SMILES string of the molecule is COc1ccc(C(CC(=O)NCCc2ccccn2)c2c[nH]c3ccccc23)c(OC)c1. The molecule has 0 saturated heterocycles. The fourth-order valence-electron chi connectivity index (χ4n) is 4.01. The molecule has 1 unspecified atom stereocenters. The third-order valence-electron chi connectivity index (χ3n) is 5.63. The van der Waals surface area contributed by atoms with Crippen LogP contribution in [0.1, 0.15) is 29.2 Å². The summed E-state index contributed by atoms with van der Waals surface area (Å²) < 4.78 is 11.0. The van der Waals surface area contributed by atoms with Crippen molar-refractivity contribution in [3.63, 3.8) is 0 Å². The monoisotopic (exact) mass is 429 g/mol. The van der Waals surface area contributed by atoms with E-state index in [9.17, 15) is 4.79 Å². The minimum atomic E-state index is -0.179. The first kappa shape index (κ1) is 21.4. The van der Waals surface area contributed by atoms with Crippen LogP contribution in [0.4, 0.5) is 0 Å². The van der Waals surface area contributed by atoms with Crippen molar-refractivity contribution in [3.05, 3.63) is 89.9 Å². The van der Waals surface area contributed by atoms with E-state index >= 15 is 0 Å². The average Bonchev–Trinajstić information content (AvgIpc) is 3.27. The lowest BCUT2D eigenvalue weighted by atomic mass is 9.87. The molecule has 2 heterocycles. The molecule has 4 rings (SSSR count). The van der Waals surface area contributed by atoms with Crippen molar-refractivity contribution < 1.29 is 14.3 Å². The normalized spacial score (nSPS) is 11.8. The molecule has 0 bridgehead atoms. The van der Waals surface area contributed by atoms with E-state index in [4.69, 9.17) is 9.47 Å². The van der Waals surface area contributed by atoms with Crippen LogP contribution >= 0.6 is 0 Å². The molecule has 0 aliphatic carbocycles. The highest BCUT2D eigenvalue weighted by Gasteiger charge is 2.24. The van der Waals surface area contributed by atoms with Crippen LogP contribution in [-0.4, -0.2) is 36.6 Å². The van der Waals surface area contributed by atoms with Gasteiger partial charge in [0.1, 0.15) is 11.5 Å². The topological polar surface area (TPSA) is 76.2 Å². The van der Waals surface area contributed by atoms with E-state index in [0.717, 1.165) is 27.7 Å². The molecule has 0 aliphatic heterocycles. The number of para-hydroxylation sites is 1. The number of nitrogens with zero attached hydrogens (tertiary/aromatic N) is 1. The zero-order valence-electron chi connectivity index (χ0n) is 18.3. The number of carbonyl (C=O) groups excluding carboxylic acids is 1. The number of aromatic amines is 1. The van der Waals surface area contributed by atoms with Crippen molar-refractivity contribution in [1.82, 2.24) is 15.3 Å². The minimum Gasteiger partial charge on any atom is -0.497 e. The fraction of sp³-hybridized carbons (Fsp3) is 0.231. The Hall–Kier alpha value is -3.80. The summed E-state index contributed by atoms with van der Waals surface area (Å²) in [5.41, 5.74) is 4.00. The Morgan fingerprint density at radius 2 is 1.88 bits per heavy atom. The molecule has 2 aromatic heterocycles. The van der Waals surface area contributed by atoms with Crippen molar-refractivity contribution in [2.45, 2.75) is 18.8 Å². The van der Waals surface area contributed by atoms with Crippen molar-refractivity contribution in [3.8, 4) is 11.5 Å². The lowest BCUT2D eigenvalue weighted by Crippen LogP contribution is -2.27. The quantitative estimate of drug-likeness (QED) is 0.412. The van der Waals surface area contributed by atoms with Crippen LogP contribution < -0.4 is 14.8 Å². The van der Waals surface area contributed by atoms with Crippen molar-refractivity contribution in [2.75, 3.05) is 20.8 Å². The summed E-state index contributed by atoms with van der Waals surface area (Å²) in [5, 5.41) is 4.14. The number of H-pyrrole nitrogens is 1. The maximum Gasteiger partial charge on any atom is 0.220 e. The van der Waals surface area contributed by atoms with Gasteiger partial charge in [-0.3, -0.25) is 9.78 Å². The van der Waals surface area contributed by atoms with Gasteiger partial charge in [0.2, 0.25) is 5.91 Å². The first-order valence-corrected chi connectivity index (χ1v) is 10.6. The summed E-state index contributed by atoms with van der Waals surface area (Å²) in [6.45, 7) is 0.538. The van der Waals surface area contributed by atoms with Crippen LogP contribution in [0.3, 0.4) is 0 Å². The summed E-state index contributed by atoms with van der Waals surface area (Å²) >= 11 is 0. The summed E-state index contributed by atoms with van der Waals surface area (Å²) in [7, 11) is 3.26. The number of ether oxygens (including phenoxy) is 2. The zero-order valence-corrected chi connectivity index (χ0v) is 18.3. The number of methoxy groups -OCH3 is 2. The molecular formula is C26H27N3O3. The second-order valence-electron chi connectivity index (χ2n) is 7.58. The first-order valence-electron chi connectivity index (χ1n) is 10.6. The van der Waals surface area contributed by atoms with Crippen LogP contribution in [-0.2, 0) is 11.2 Å². The van der Waals surface area contributed by atoms with Crippen molar-refractivity contribution in [2.24, 2.45) is 0 Å². The second-order valence-corrected chi connectivity index (χ2v) is 7.58. The van der Waals surface area contributed by atoms with Gasteiger partial charge in [-0.15, -0.1) is 0 Å². The Balaban J connectivity index is 1.60. The molecule has 6 nitrogen and oxygen atoms in total. The molecule has 0 spiro atoms. The Bertz CT molecular complexity index is 1190. The molecule has 0 fully saturated rings. The summed E-state index contributed by atoms with van der Waals surface area (Å²) in [5.74, 6) is 1.21. The lowest BCUT2D eigenvalue weighted by Gasteiger charge is -2.20. The Labute approximate surface area is 187 Å². The molecule has 2 aromatic carbocycles. The first-order chi connectivity index (χ1) is 15.7. The van der Waals surface area contributed by atoms with E-state index in [1.54, 1.807) is 20.4 Å². The molecule has 0 aliphatic rings. The molecule has 0 radical (unpaired) electrons. The van der Waals surface area contributed by atoms with Crippen LogP contribution in [0.25, 0.3) is 10.9 Å². The van der Waals surface area contributed by atoms with Gasteiger partial charge >= 0.3 is 0 Å². The van der Waals surface area contributed by atoms with E-state index in [1.807, 2.05) is 60.8 Å². The fourth-order valence-corrected chi connectivity index (χ4v) is 4.01. The van der Waals surface area contributed by atoms with Crippen LogP contribution in [0.2, 0.25) is 0 Å². The zero-order chi connectivity index (χ0) is 22.3. The number of carbonyl (C=O) groups is 1.